The quantitative estimate of drug-likeness (QED) is 0.844. The van der Waals surface area contributed by atoms with Gasteiger partial charge in [0, 0.05) is 29.9 Å². The number of nitrogens with one attached hydrogen (secondary N) is 1. The molecule has 1 aromatic carbocycles. The zero-order valence-corrected chi connectivity index (χ0v) is 13.7. The molecule has 3 heteroatoms. The van der Waals surface area contributed by atoms with E-state index >= 15 is 0 Å². The van der Waals surface area contributed by atoms with E-state index in [4.69, 9.17) is 0 Å². The molecule has 0 aromatic heterocycles. The van der Waals surface area contributed by atoms with E-state index in [0.29, 0.717) is 0 Å². The number of hydrogen-bond donors (Lipinski definition) is 1. The van der Waals surface area contributed by atoms with Crippen molar-refractivity contribution in [2.45, 2.75) is 48.0 Å². The molecule has 1 amide bonds. The van der Waals surface area contributed by atoms with E-state index in [1.165, 1.54) is 0 Å². The number of nitrogens with zero attached hydrogens (tertiary/aromatic N) is 1. The lowest BCUT2D eigenvalue weighted by Gasteiger charge is -2.25. The Kier molecular flexibility index (Phi) is 5.61. The van der Waals surface area contributed by atoms with Crippen molar-refractivity contribution in [1.29, 1.82) is 0 Å². The molecule has 3 nitrogen and oxygen atoms in total. The predicted octanol–water partition coefficient (Wildman–Crippen LogP) is 4.22. The number of benzene rings is 1. The largest absolute Gasteiger partial charge is 0.372 e. The molecule has 0 saturated heterocycles. The molecule has 0 fully saturated rings. The van der Waals surface area contributed by atoms with Crippen LogP contribution in [0.5, 0.6) is 0 Å². The molecule has 1 N–H and O–H groups in total. The number of carbonyl (C=O) groups excluding carboxylic acids is 1. The molecule has 1 aromatic rings. The molecule has 112 valence electrons. The third-order valence-electron chi connectivity index (χ3n) is 4.10. The van der Waals surface area contributed by atoms with Crippen LogP contribution in [0.1, 0.15) is 46.6 Å². The molecular weight excluding hydrogens is 248 g/mol. The van der Waals surface area contributed by atoms with Crippen molar-refractivity contribution in [1.82, 2.24) is 0 Å². The van der Waals surface area contributed by atoms with E-state index in [1.54, 1.807) is 0 Å². The standard InChI is InChI=1S/C17H28N2O/c1-7-17(5,6)16(20)18-15-12-14(11-10-13(15)4)19(8-2)9-3/h10-12H,7-9H2,1-6H3,(H,18,20). The van der Waals surface area contributed by atoms with E-state index in [-0.39, 0.29) is 11.3 Å². The van der Waals surface area contributed by atoms with Gasteiger partial charge >= 0.3 is 0 Å². The summed E-state index contributed by atoms with van der Waals surface area (Å²) >= 11 is 0. The summed E-state index contributed by atoms with van der Waals surface area (Å²) in [7, 11) is 0. The first kappa shape index (κ1) is 16.5. The summed E-state index contributed by atoms with van der Waals surface area (Å²) in [4.78, 5) is 14.6. The molecule has 0 unspecified atom stereocenters. The molecule has 0 aliphatic carbocycles. The minimum atomic E-state index is -0.336. The smallest absolute Gasteiger partial charge is 0.230 e. The van der Waals surface area contributed by atoms with Crippen molar-refractivity contribution >= 4 is 17.3 Å². The first-order chi connectivity index (χ1) is 9.35. The van der Waals surface area contributed by atoms with Crippen LogP contribution in [0, 0.1) is 12.3 Å². The lowest BCUT2D eigenvalue weighted by molar-refractivity contribution is -0.124. The third kappa shape index (κ3) is 3.75. The van der Waals surface area contributed by atoms with Crippen LogP contribution in [-0.4, -0.2) is 19.0 Å². The van der Waals surface area contributed by atoms with Crippen LogP contribution >= 0.6 is 0 Å². The molecule has 20 heavy (non-hydrogen) atoms. The minimum absolute atomic E-state index is 0.0831. The van der Waals surface area contributed by atoms with Crippen LogP contribution in [0.15, 0.2) is 18.2 Å². The second-order valence-corrected chi connectivity index (χ2v) is 5.86. The molecule has 0 aliphatic rings. The van der Waals surface area contributed by atoms with E-state index in [0.717, 1.165) is 36.4 Å². The van der Waals surface area contributed by atoms with E-state index in [1.807, 2.05) is 27.7 Å². The van der Waals surface area contributed by atoms with Gasteiger partial charge in [-0.05, 0) is 44.9 Å². The van der Waals surface area contributed by atoms with E-state index in [2.05, 4.69) is 42.3 Å². The summed E-state index contributed by atoms with van der Waals surface area (Å²) in [5.74, 6) is 0.0831. The van der Waals surface area contributed by atoms with Crippen molar-refractivity contribution in [2.75, 3.05) is 23.3 Å². The lowest BCUT2D eigenvalue weighted by Crippen LogP contribution is -2.30. The Morgan fingerprint density at radius 1 is 1.20 bits per heavy atom. The Bertz CT molecular complexity index is 462. The number of aryl methyl sites for hydroxylation is 1. The highest BCUT2D eigenvalue weighted by Gasteiger charge is 2.25. The molecule has 0 spiro atoms. The highest BCUT2D eigenvalue weighted by molar-refractivity contribution is 5.95. The second-order valence-electron chi connectivity index (χ2n) is 5.86. The highest BCUT2D eigenvalue weighted by atomic mass is 16.2. The van der Waals surface area contributed by atoms with Gasteiger partial charge in [-0.15, -0.1) is 0 Å². The van der Waals surface area contributed by atoms with Crippen molar-refractivity contribution < 1.29 is 4.79 Å². The van der Waals surface area contributed by atoms with Crippen molar-refractivity contribution in [3.8, 4) is 0 Å². The predicted molar refractivity (Wildman–Crippen MR) is 87.4 cm³/mol. The molecular formula is C17H28N2O. The van der Waals surface area contributed by atoms with Gasteiger partial charge in [-0.25, -0.2) is 0 Å². The molecule has 0 aliphatic heterocycles. The maximum absolute atomic E-state index is 12.3. The van der Waals surface area contributed by atoms with Crippen molar-refractivity contribution in [3.05, 3.63) is 23.8 Å². The Morgan fingerprint density at radius 3 is 2.30 bits per heavy atom. The fourth-order valence-electron chi connectivity index (χ4n) is 1.98. The molecule has 0 radical (unpaired) electrons. The Hall–Kier alpha value is -1.51. The second kappa shape index (κ2) is 6.78. The maximum atomic E-state index is 12.3. The molecule has 0 saturated carbocycles. The summed E-state index contributed by atoms with van der Waals surface area (Å²) in [6, 6.07) is 6.26. The summed E-state index contributed by atoms with van der Waals surface area (Å²) < 4.78 is 0. The Labute approximate surface area is 123 Å². The van der Waals surface area contributed by atoms with Crippen molar-refractivity contribution in [2.24, 2.45) is 5.41 Å². The van der Waals surface area contributed by atoms with Gasteiger partial charge in [0.05, 0.1) is 0 Å². The molecule has 0 bridgehead atoms. The van der Waals surface area contributed by atoms with Gasteiger partial charge in [0.15, 0.2) is 0 Å². The van der Waals surface area contributed by atoms with Gasteiger partial charge in [-0.2, -0.15) is 0 Å². The fraction of sp³-hybridized carbons (Fsp3) is 0.588. The number of carbonyl (C=O) groups is 1. The average molecular weight is 276 g/mol. The lowest BCUT2D eigenvalue weighted by atomic mass is 9.89. The van der Waals surface area contributed by atoms with Crippen LogP contribution < -0.4 is 10.2 Å². The number of anilines is 2. The molecule has 1 rings (SSSR count). The third-order valence-corrected chi connectivity index (χ3v) is 4.10. The number of hydrogen-bond acceptors (Lipinski definition) is 2. The topological polar surface area (TPSA) is 32.3 Å². The molecule has 0 heterocycles. The summed E-state index contributed by atoms with van der Waals surface area (Å²) in [5, 5.41) is 3.08. The van der Waals surface area contributed by atoms with E-state index in [9.17, 15) is 4.79 Å². The Balaban J connectivity index is 3.01. The zero-order valence-electron chi connectivity index (χ0n) is 13.7. The van der Waals surface area contributed by atoms with Gasteiger partial charge in [-0.1, -0.05) is 26.8 Å². The number of amides is 1. The Morgan fingerprint density at radius 2 is 1.80 bits per heavy atom. The van der Waals surface area contributed by atoms with Gasteiger partial charge in [0.1, 0.15) is 0 Å². The first-order valence-electron chi connectivity index (χ1n) is 7.52. The maximum Gasteiger partial charge on any atom is 0.230 e. The summed E-state index contributed by atoms with van der Waals surface area (Å²) in [6.07, 6.45) is 0.827. The van der Waals surface area contributed by atoms with Gasteiger partial charge < -0.3 is 10.2 Å². The fourth-order valence-corrected chi connectivity index (χ4v) is 1.98. The van der Waals surface area contributed by atoms with Gasteiger partial charge in [0.25, 0.3) is 0 Å². The highest BCUT2D eigenvalue weighted by Crippen LogP contribution is 2.27. The molecule has 0 atom stereocenters. The van der Waals surface area contributed by atoms with Gasteiger partial charge in [-0.3, -0.25) is 4.79 Å². The first-order valence-corrected chi connectivity index (χ1v) is 7.52. The van der Waals surface area contributed by atoms with Crippen LogP contribution in [0.3, 0.4) is 0 Å². The SMILES string of the molecule is CCN(CC)c1ccc(C)c(NC(=O)C(C)(C)CC)c1. The van der Waals surface area contributed by atoms with Gasteiger partial charge in [0.2, 0.25) is 5.91 Å². The van der Waals surface area contributed by atoms with Crippen LogP contribution in [0.4, 0.5) is 11.4 Å². The normalized spacial score (nSPS) is 11.3. The summed E-state index contributed by atoms with van der Waals surface area (Å²) in [5.41, 5.74) is 2.84. The number of rotatable bonds is 6. The monoisotopic (exact) mass is 276 g/mol. The van der Waals surface area contributed by atoms with Crippen LogP contribution in [0.25, 0.3) is 0 Å². The van der Waals surface area contributed by atoms with Crippen LogP contribution in [0.2, 0.25) is 0 Å². The van der Waals surface area contributed by atoms with E-state index < -0.39 is 0 Å². The zero-order chi connectivity index (χ0) is 15.3. The minimum Gasteiger partial charge on any atom is -0.372 e. The summed E-state index contributed by atoms with van der Waals surface area (Å²) in [6.45, 7) is 14.2. The average Bonchev–Trinajstić information content (AvgIpc) is 2.43. The van der Waals surface area contributed by atoms with Crippen molar-refractivity contribution in [3.63, 3.8) is 0 Å². The van der Waals surface area contributed by atoms with Crippen LogP contribution in [-0.2, 0) is 4.79 Å².